The Morgan fingerprint density at radius 3 is 2.70 bits per heavy atom. The van der Waals surface area contributed by atoms with Crippen LogP contribution in [-0.4, -0.2) is 30.0 Å². The van der Waals surface area contributed by atoms with E-state index in [0.29, 0.717) is 25.1 Å². The minimum Gasteiger partial charge on any atom is -0.372 e. The normalized spacial score (nSPS) is 21.7. The third-order valence-electron chi connectivity index (χ3n) is 4.56. The number of rotatable bonds is 4. The molecular weight excluding hydrogens is 307 g/mol. The molecule has 1 aliphatic carbocycles. The van der Waals surface area contributed by atoms with E-state index < -0.39 is 11.7 Å². The van der Waals surface area contributed by atoms with Gasteiger partial charge in [-0.25, -0.2) is 0 Å². The van der Waals surface area contributed by atoms with Crippen LogP contribution >= 0.6 is 0 Å². The fourth-order valence-electron chi connectivity index (χ4n) is 3.01. The number of carbonyl (C=O) groups is 1. The Kier molecular flexibility index (Phi) is 4.36. The molecule has 1 aliphatic heterocycles. The maximum absolute atomic E-state index is 13.1. The number of halogens is 3. The molecule has 0 N–H and O–H groups in total. The Morgan fingerprint density at radius 1 is 1.30 bits per heavy atom. The molecule has 0 radical (unpaired) electrons. The summed E-state index contributed by atoms with van der Waals surface area (Å²) in [4.78, 5) is 13.8. The quantitative estimate of drug-likeness (QED) is 0.846. The van der Waals surface area contributed by atoms with E-state index >= 15 is 0 Å². The van der Waals surface area contributed by atoms with Gasteiger partial charge in [-0.15, -0.1) is 0 Å². The minimum absolute atomic E-state index is 0.0718. The number of nitrogens with zero attached hydrogens (tertiary/aromatic N) is 1. The van der Waals surface area contributed by atoms with Gasteiger partial charge in [0.25, 0.3) is 0 Å². The van der Waals surface area contributed by atoms with E-state index in [9.17, 15) is 18.0 Å². The van der Waals surface area contributed by atoms with Crippen molar-refractivity contribution in [3.05, 3.63) is 34.9 Å². The second-order valence-corrected chi connectivity index (χ2v) is 6.38. The predicted octanol–water partition coefficient (Wildman–Crippen LogP) is 3.54. The van der Waals surface area contributed by atoms with Gasteiger partial charge in [0.2, 0.25) is 5.91 Å². The van der Waals surface area contributed by atoms with Gasteiger partial charge in [-0.1, -0.05) is 12.1 Å². The number of aryl methyl sites for hydroxylation is 1. The van der Waals surface area contributed by atoms with Gasteiger partial charge in [0.15, 0.2) is 0 Å². The molecule has 0 aromatic heterocycles. The Bertz CT molecular complexity index is 596. The zero-order valence-electron chi connectivity index (χ0n) is 13.0. The van der Waals surface area contributed by atoms with Crippen LogP contribution in [-0.2, 0) is 22.3 Å². The molecule has 0 spiro atoms. The molecule has 1 amide bonds. The van der Waals surface area contributed by atoms with Crippen molar-refractivity contribution in [2.75, 3.05) is 13.1 Å². The molecule has 2 fully saturated rings. The third kappa shape index (κ3) is 3.68. The monoisotopic (exact) mass is 327 g/mol. The van der Waals surface area contributed by atoms with Crippen LogP contribution in [0.2, 0.25) is 0 Å². The first kappa shape index (κ1) is 16.3. The van der Waals surface area contributed by atoms with Gasteiger partial charge in [-0.3, -0.25) is 4.79 Å². The van der Waals surface area contributed by atoms with Crippen LogP contribution in [0, 0.1) is 12.8 Å². The molecule has 1 heterocycles. The lowest BCUT2D eigenvalue weighted by molar-refractivity contribution is -0.139. The van der Waals surface area contributed by atoms with E-state index in [0.717, 1.165) is 18.9 Å². The van der Waals surface area contributed by atoms with E-state index in [-0.39, 0.29) is 30.1 Å². The fourth-order valence-corrected chi connectivity index (χ4v) is 3.01. The Morgan fingerprint density at radius 2 is 2.04 bits per heavy atom. The lowest BCUT2D eigenvalue weighted by atomic mass is 10.0. The Labute approximate surface area is 133 Å². The number of amides is 1. The van der Waals surface area contributed by atoms with Gasteiger partial charge < -0.3 is 9.64 Å². The minimum atomic E-state index is -4.38. The summed E-state index contributed by atoms with van der Waals surface area (Å²) in [6, 6.07) is 4.15. The summed E-state index contributed by atoms with van der Waals surface area (Å²) in [5.41, 5.74) is 0.122. The number of ether oxygens (including phenoxy) is 1. The number of alkyl halides is 3. The van der Waals surface area contributed by atoms with Crippen LogP contribution in [0.3, 0.4) is 0 Å². The number of benzene rings is 1. The Hall–Kier alpha value is -1.56. The van der Waals surface area contributed by atoms with Crippen molar-refractivity contribution in [3.63, 3.8) is 0 Å². The molecule has 1 atom stereocenters. The van der Waals surface area contributed by atoms with Gasteiger partial charge in [0, 0.05) is 19.0 Å². The zero-order chi connectivity index (χ0) is 16.6. The summed E-state index contributed by atoms with van der Waals surface area (Å²) < 4.78 is 44.9. The second-order valence-electron chi connectivity index (χ2n) is 6.38. The molecule has 0 bridgehead atoms. The molecule has 1 aromatic carbocycles. The van der Waals surface area contributed by atoms with Crippen molar-refractivity contribution in [2.45, 2.75) is 45.1 Å². The van der Waals surface area contributed by atoms with Crippen LogP contribution in [0.5, 0.6) is 0 Å². The number of carbonyl (C=O) groups excluding carboxylic acids is 1. The van der Waals surface area contributed by atoms with E-state index in [1.807, 2.05) is 0 Å². The highest BCUT2D eigenvalue weighted by Crippen LogP contribution is 2.35. The first-order valence-corrected chi connectivity index (χ1v) is 7.92. The maximum Gasteiger partial charge on any atom is 0.416 e. The highest BCUT2D eigenvalue weighted by molar-refractivity contribution is 5.81. The van der Waals surface area contributed by atoms with Crippen molar-refractivity contribution < 1.29 is 22.7 Å². The summed E-state index contributed by atoms with van der Waals surface area (Å²) in [6.45, 7) is 2.71. The van der Waals surface area contributed by atoms with Crippen molar-refractivity contribution >= 4 is 5.91 Å². The Balaban J connectivity index is 1.62. The lowest BCUT2D eigenvalue weighted by Gasteiger charge is -2.19. The molecule has 3 rings (SSSR count). The SMILES string of the molecule is Cc1cccc(C(F)(F)F)c1COC1CCN(C(=O)C2CC2)C1. The molecule has 6 heteroatoms. The van der Waals surface area contributed by atoms with E-state index in [1.54, 1.807) is 17.9 Å². The number of hydrogen-bond donors (Lipinski definition) is 0. The van der Waals surface area contributed by atoms with Crippen molar-refractivity contribution in [1.82, 2.24) is 4.90 Å². The standard InChI is InChI=1S/C17H20F3NO2/c1-11-3-2-4-15(17(18,19)20)14(11)10-23-13-7-8-21(9-13)16(22)12-5-6-12/h2-4,12-13H,5-10H2,1H3. The van der Waals surface area contributed by atoms with Crippen molar-refractivity contribution in [2.24, 2.45) is 5.92 Å². The van der Waals surface area contributed by atoms with E-state index in [4.69, 9.17) is 4.74 Å². The molecule has 2 aliphatic rings. The molecule has 23 heavy (non-hydrogen) atoms. The first-order valence-electron chi connectivity index (χ1n) is 7.92. The van der Waals surface area contributed by atoms with Crippen LogP contribution in [0.25, 0.3) is 0 Å². The second kappa shape index (κ2) is 6.15. The molecule has 1 aromatic rings. The van der Waals surface area contributed by atoms with Gasteiger partial charge in [0.05, 0.1) is 18.3 Å². The maximum atomic E-state index is 13.1. The highest BCUT2D eigenvalue weighted by atomic mass is 19.4. The number of likely N-dealkylation sites (tertiary alicyclic amines) is 1. The van der Waals surface area contributed by atoms with Crippen LogP contribution in [0.1, 0.15) is 36.0 Å². The summed E-state index contributed by atoms with van der Waals surface area (Å²) in [5.74, 6) is 0.338. The third-order valence-corrected chi connectivity index (χ3v) is 4.56. The topological polar surface area (TPSA) is 29.5 Å². The lowest BCUT2D eigenvalue weighted by Crippen LogP contribution is -2.31. The number of hydrogen-bond acceptors (Lipinski definition) is 2. The largest absolute Gasteiger partial charge is 0.416 e. The highest BCUT2D eigenvalue weighted by Gasteiger charge is 2.37. The summed E-state index contributed by atoms with van der Waals surface area (Å²) in [6.07, 6.45) is -1.96. The smallest absolute Gasteiger partial charge is 0.372 e. The summed E-state index contributed by atoms with van der Waals surface area (Å²) in [7, 11) is 0. The summed E-state index contributed by atoms with van der Waals surface area (Å²) >= 11 is 0. The molecular formula is C17H20F3NO2. The van der Waals surface area contributed by atoms with Gasteiger partial charge in [-0.2, -0.15) is 13.2 Å². The van der Waals surface area contributed by atoms with Crippen LogP contribution in [0.4, 0.5) is 13.2 Å². The first-order chi connectivity index (χ1) is 10.9. The van der Waals surface area contributed by atoms with Crippen LogP contribution < -0.4 is 0 Å². The van der Waals surface area contributed by atoms with Gasteiger partial charge in [-0.05, 0) is 43.4 Å². The van der Waals surface area contributed by atoms with Crippen molar-refractivity contribution in [1.29, 1.82) is 0 Å². The molecule has 1 saturated heterocycles. The molecule has 1 unspecified atom stereocenters. The zero-order valence-corrected chi connectivity index (χ0v) is 13.0. The van der Waals surface area contributed by atoms with E-state index in [1.165, 1.54) is 6.07 Å². The van der Waals surface area contributed by atoms with Gasteiger partial charge >= 0.3 is 6.18 Å². The molecule has 126 valence electrons. The molecule has 3 nitrogen and oxygen atoms in total. The van der Waals surface area contributed by atoms with E-state index in [2.05, 4.69) is 0 Å². The fraction of sp³-hybridized carbons (Fsp3) is 0.588. The predicted molar refractivity (Wildman–Crippen MR) is 78.7 cm³/mol. The van der Waals surface area contributed by atoms with Crippen LogP contribution in [0.15, 0.2) is 18.2 Å². The average molecular weight is 327 g/mol. The van der Waals surface area contributed by atoms with Crippen molar-refractivity contribution in [3.8, 4) is 0 Å². The molecule has 1 saturated carbocycles. The average Bonchev–Trinajstić information content (AvgIpc) is 3.23. The van der Waals surface area contributed by atoms with Gasteiger partial charge in [0.1, 0.15) is 0 Å². The summed E-state index contributed by atoms with van der Waals surface area (Å²) in [5, 5.41) is 0.